The summed E-state index contributed by atoms with van der Waals surface area (Å²) in [5.41, 5.74) is 1.01. The molecule has 1 fully saturated rings. The predicted molar refractivity (Wildman–Crippen MR) is 81.9 cm³/mol. The fourth-order valence-corrected chi connectivity index (χ4v) is 4.08. The highest BCUT2D eigenvalue weighted by Crippen LogP contribution is 2.22. The number of sulfonamides is 1. The second kappa shape index (κ2) is 6.35. The summed E-state index contributed by atoms with van der Waals surface area (Å²) >= 11 is 0. The van der Waals surface area contributed by atoms with Gasteiger partial charge in [0.15, 0.2) is 0 Å². The fraction of sp³-hybridized carbons (Fsp3) is 0.692. The van der Waals surface area contributed by atoms with Gasteiger partial charge in [0.2, 0.25) is 15.9 Å². The molecule has 1 aliphatic heterocycles. The summed E-state index contributed by atoms with van der Waals surface area (Å²) in [6, 6.07) is 0. The molecule has 22 heavy (non-hydrogen) atoms. The monoisotopic (exact) mass is 329 g/mol. The summed E-state index contributed by atoms with van der Waals surface area (Å²) in [6.45, 7) is 5.90. The highest BCUT2D eigenvalue weighted by atomic mass is 32.2. The van der Waals surface area contributed by atoms with Gasteiger partial charge < -0.3 is 10.2 Å². The van der Waals surface area contributed by atoms with Crippen LogP contribution < -0.4 is 5.32 Å². The third-order valence-electron chi connectivity index (χ3n) is 3.94. The van der Waals surface area contributed by atoms with Gasteiger partial charge in [-0.25, -0.2) is 8.42 Å². The van der Waals surface area contributed by atoms with Crippen molar-refractivity contribution < 1.29 is 13.2 Å². The number of hydrogen-bond acceptors (Lipinski definition) is 5. The SMILES string of the molecule is Cc1nn(C)c(C)c1S(=O)(=O)N(C)CC(=O)N1CCNCC1. The molecule has 9 heteroatoms. The number of amides is 1. The van der Waals surface area contributed by atoms with Crippen LogP contribution in [0.1, 0.15) is 11.4 Å². The molecule has 124 valence electrons. The largest absolute Gasteiger partial charge is 0.339 e. The summed E-state index contributed by atoms with van der Waals surface area (Å²) in [6.07, 6.45) is 0. The number of piperazine rings is 1. The molecular formula is C13H23N5O3S. The van der Waals surface area contributed by atoms with Gasteiger partial charge >= 0.3 is 0 Å². The van der Waals surface area contributed by atoms with E-state index in [2.05, 4.69) is 10.4 Å². The maximum absolute atomic E-state index is 12.7. The van der Waals surface area contributed by atoms with E-state index in [0.29, 0.717) is 24.5 Å². The van der Waals surface area contributed by atoms with Crippen molar-refractivity contribution in [3.63, 3.8) is 0 Å². The molecule has 0 bridgehead atoms. The average Bonchev–Trinajstić information content (AvgIpc) is 2.73. The summed E-state index contributed by atoms with van der Waals surface area (Å²) < 4.78 is 28.0. The smallest absolute Gasteiger partial charge is 0.246 e. The van der Waals surface area contributed by atoms with Crippen LogP contribution >= 0.6 is 0 Å². The van der Waals surface area contributed by atoms with Crippen molar-refractivity contribution in [1.29, 1.82) is 0 Å². The molecule has 0 saturated carbocycles. The van der Waals surface area contributed by atoms with E-state index in [0.717, 1.165) is 17.4 Å². The van der Waals surface area contributed by atoms with Crippen molar-refractivity contribution >= 4 is 15.9 Å². The Morgan fingerprint density at radius 2 is 1.91 bits per heavy atom. The van der Waals surface area contributed by atoms with Gasteiger partial charge in [-0.05, 0) is 13.8 Å². The zero-order valence-electron chi connectivity index (χ0n) is 13.5. The molecular weight excluding hydrogens is 306 g/mol. The zero-order chi connectivity index (χ0) is 16.5. The lowest BCUT2D eigenvalue weighted by Crippen LogP contribution is -2.49. The molecule has 0 unspecified atom stereocenters. The molecule has 1 amide bonds. The molecule has 0 radical (unpaired) electrons. The van der Waals surface area contributed by atoms with Crippen molar-refractivity contribution in [2.24, 2.45) is 7.05 Å². The number of rotatable bonds is 4. The van der Waals surface area contributed by atoms with Gasteiger partial charge in [-0.15, -0.1) is 0 Å². The standard InChI is InChI=1S/C13H23N5O3S/c1-10-13(11(2)17(4)15-10)22(20,21)16(3)9-12(19)18-7-5-14-6-8-18/h14H,5-9H2,1-4H3. The van der Waals surface area contributed by atoms with Crippen LogP contribution in [0.3, 0.4) is 0 Å². The Morgan fingerprint density at radius 1 is 1.32 bits per heavy atom. The Balaban J connectivity index is 2.17. The Morgan fingerprint density at radius 3 is 2.41 bits per heavy atom. The number of hydrogen-bond donors (Lipinski definition) is 1. The van der Waals surface area contributed by atoms with Crippen LogP contribution in [0.4, 0.5) is 0 Å². The number of nitrogens with one attached hydrogen (secondary N) is 1. The fourth-order valence-electron chi connectivity index (χ4n) is 2.57. The number of aryl methyl sites for hydroxylation is 2. The third kappa shape index (κ3) is 3.16. The molecule has 2 heterocycles. The minimum absolute atomic E-state index is 0.157. The number of aromatic nitrogens is 2. The van der Waals surface area contributed by atoms with Crippen LogP contribution in [-0.4, -0.2) is 73.1 Å². The Labute approximate surface area is 131 Å². The first kappa shape index (κ1) is 16.9. The summed E-state index contributed by atoms with van der Waals surface area (Å²) in [5.74, 6) is -0.174. The predicted octanol–water partition coefficient (Wildman–Crippen LogP) is -0.911. The maximum atomic E-state index is 12.7. The first-order valence-electron chi connectivity index (χ1n) is 7.20. The lowest BCUT2D eigenvalue weighted by atomic mass is 10.3. The van der Waals surface area contributed by atoms with Gasteiger partial charge in [0.25, 0.3) is 0 Å². The normalized spacial score (nSPS) is 16.3. The highest BCUT2D eigenvalue weighted by Gasteiger charge is 2.30. The molecule has 8 nitrogen and oxygen atoms in total. The minimum atomic E-state index is -3.73. The topological polar surface area (TPSA) is 87.5 Å². The van der Waals surface area contributed by atoms with Gasteiger partial charge in [0.1, 0.15) is 4.90 Å². The van der Waals surface area contributed by atoms with Crippen molar-refractivity contribution in [3.8, 4) is 0 Å². The van der Waals surface area contributed by atoms with E-state index in [1.807, 2.05) is 0 Å². The van der Waals surface area contributed by atoms with E-state index < -0.39 is 10.0 Å². The van der Waals surface area contributed by atoms with E-state index in [9.17, 15) is 13.2 Å². The molecule has 1 aromatic rings. The number of likely N-dealkylation sites (N-methyl/N-ethyl adjacent to an activating group) is 1. The molecule has 1 aromatic heterocycles. The summed E-state index contributed by atoms with van der Waals surface area (Å²) in [7, 11) is -0.593. The molecule has 1 saturated heterocycles. The highest BCUT2D eigenvalue weighted by molar-refractivity contribution is 7.89. The third-order valence-corrected chi connectivity index (χ3v) is 5.99. The maximum Gasteiger partial charge on any atom is 0.246 e. The van der Waals surface area contributed by atoms with E-state index in [1.54, 1.807) is 25.8 Å². The average molecular weight is 329 g/mol. The van der Waals surface area contributed by atoms with E-state index in [-0.39, 0.29) is 17.3 Å². The molecule has 0 aromatic carbocycles. The van der Waals surface area contributed by atoms with Crippen molar-refractivity contribution in [2.75, 3.05) is 39.8 Å². The van der Waals surface area contributed by atoms with Gasteiger partial charge in [0.05, 0.1) is 17.9 Å². The van der Waals surface area contributed by atoms with Gasteiger partial charge in [-0.2, -0.15) is 9.40 Å². The van der Waals surface area contributed by atoms with E-state index in [1.165, 1.54) is 11.7 Å². The quantitative estimate of drug-likeness (QED) is 0.773. The lowest BCUT2D eigenvalue weighted by Gasteiger charge is -2.29. The van der Waals surface area contributed by atoms with Gasteiger partial charge in [0, 0.05) is 40.3 Å². The number of carbonyl (C=O) groups excluding carboxylic acids is 1. The van der Waals surface area contributed by atoms with Crippen LogP contribution in [0, 0.1) is 13.8 Å². The molecule has 0 spiro atoms. The first-order valence-corrected chi connectivity index (χ1v) is 8.64. The lowest BCUT2D eigenvalue weighted by molar-refractivity contribution is -0.131. The van der Waals surface area contributed by atoms with Crippen LogP contribution in [0.2, 0.25) is 0 Å². The van der Waals surface area contributed by atoms with Gasteiger partial charge in [-0.3, -0.25) is 9.48 Å². The molecule has 1 N–H and O–H groups in total. The van der Waals surface area contributed by atoms with Crippen molar-refractivity contribution in [3.05, 3.63) is 11.4 Å². The van der Waals surface area contributed by atoms with Crippen molar-refractivity contribution in [2.45, 2.75) is 18.7 Å². The molecule has 0 aliphatic carbocycles. The van der Waals surface area contributed by atoms with Crippen molar-refractivity contribution in [1.82, 2.24) is 24.3 Å². The van der Waals surface area contributed by atoms with Crippen LogP contribution in [0.25, 0.3) is 0 Å². The van der Waals surface area contributed by atoms with E-state index >= 15 is 0 Å². The van der Waals surface area contributed by atoms with Crippen LogP contribution in [-0.2, 0) is 21.9 Å². The summed E-state index contributed by atoms with van der Waals surface area (Å²) in [5, 5.41) is 7.30. The van der Waals surface area contributed by atoms with Crippen LogP contribution in [0.15, 0.2) is 4.90 Å². The molecule has 0 atom stereocenters. The zero-order valence-corrected chi connectivity index (χ0v) is 14.3. The number of carbonyl (C=O) groups is 1. The van der Waals surface area contributed by atoms with E-state index in [4.69, 9.17) is 0 Å². The van der Waals surface area contributed by atoms with Gasteiger partial charge in [-0.1, -0.05) is 0 Å². The Kier molecular flexibility index (Phi) is 4.88. The Bertz CT molecular complexity index is 661. The Hall–Kier alpha value is -1.45. The second-order valence-corrected chi connectivity index (χ2v) is 7.50. The molecule has 1 aliphatic rings. The minimum Gasteiger partial charge on any atom is -0.339 e. The first-order chi connectivity index (χ1) is 10.2. The van der Waals surface area contributed by atoms with Crippen LogP contribution in [0.5, 0.6) is 0 Å². The second-order valence-electron chi connectivity index (χ2n) is 5.52. The number of nitrogens with zero attached hydrogens (tertiary/aromatic N) is 4. The summed E-state index contributed by atoms with van der Waals surface area (Å²) in [4.78, 5) is 14.1. The molecule has 2 rings (SSSR count).